The van der Waals surface area contributed by atoms with E-state index in [-0.39, 0.29) is 5.41 Å². The predicted octanol–water partition coefficient (Wildman–Crippen LogP) is 0.299. The summed E-state index contributed by atoms with van der Waals surface area (Å²) < 4.78 is 5.35. The Hall–Kier alpha value is -0.120. The summed E-state index contributed by atoms with van der Waals surface area (Å²) in [7, 11) is 0. The Balaban J connectivity index is 2.14. The van der Waals surface area contributed by atoms with Crippen molar-refractivity contribution in [2.45, 2.75) is 37.4 Å². The molecule has 1 aliphatic heterocycles. The van der Waals surface area contributed by atoms with Gasteiger partial charge in [0.15, 0.2) is 0 Å². The molecule has 0 aromatic carbocycles. The van der Waals surface area contributed by atoms with Crippen LogP contribution in [0.2, 0.25) is 0 Å². The molecular formula is C10H16O3. The molecule has 2 saturated carbocycles. The highest BCUT2D eigenvalue weighted by atomic mass is 16.5. The van der Waals surface area contributed by atoms with E-state index < -0.39 is 11.2 Å². The first-order chi connectivity index (χ1) is 6.02. The summed E-state index contributed by atoms with van der Waals surface area (Å²) in [4.78, 5) is 0. The van der Waals surface area contributed by atoms with E-state index in [2.05, 4.69) is 6.92 Å². The van der Waals surface area contributed by atoms with Crippen molar-refractivity contribution in [2.75, 3.05) is 13.2 Å². The SMILES string of the molecule is C[C@]12COC[C@@]1(O)[C@@]1(O)CC[C@@H]2C1. The molecule has 13 heavy (non-hydrogen) atoms. The third kappa shape index (κ3) is 0.631. The Bertz CT molecular complexity index is 267. The van der Waals surface area contributed by atoms with E-state index in [0.717, 1.165) is 19.3 Å². The van der Waals surface area contributed by atoms with E-state index in [1.54, 1.807) is 0 Å². The molecule has 74 valence electrons. The molecule has 3 nitrogen and oxygen atoms in total. The first kappa shape index (κ1) is 8.21. The molecule has 2 bridgehead atoms. The largest absolute Gasteiger partial charge is 0.387 e. The lowest BCUT2D eigenvalue weighted by atomic mass is 9.65. The molecule has 0 aromatic heterocycles. The molecule has 3 heteroatoms. The van der Waals surface area contributed by atoms with Gasteiger partial charge in [0, 0.05) is 5.41 Å². The summed E-state index contributed by atoms with van der Waals surface area (Å²) >= 11 is 0. The average Bonchev–Trinajstić information content (AvgIpc) is 2.62. The van der Waals surface area contributed by atoms with Gasteiger partial charge in [-0.2, -0.15) is 0 Å². The fourth-order valence-electron chi connectivity index (χ4n) is 3.76. The maximum absolute atomic E-state index is 10.5. The number of hydrogen-bond donors (Lipinski definition) is 2. The van der Waals surface area contributed by atoms with Crippen molar-refractivity contribution >= 4 is 0 Å². The maximum Gasteiger partial charge on any atom is 0.124 e. The topological polar surface area (TPSA) is 49.7 Å². The van der Waals surface area contributed by atoms with Crippen molar-refractivity contribution in [1.82, 2.24) is 0 Å². The lowest BCUT2D eigenvalue weighted by Crippen LogP contribution is -2.59. The Morgan fingerprint density at radius 2 is 2.08 bits per heavy atom. The fourth-order valence-corrected chi connectivity index (χ4v) is 3.76. The third-order valence-corrected chi connectivity index (χ3v) is 4.82. The van der Waals surface area contributed by atoms with E-state index in [1.165, 1.54) is 0 Å². The summed E-state index contributed by atoms with van der Waals surface area (Å²) in [6.45, 7) is 2.98. The molecule has 2 aliphatic carbocycles. The molecule has 3 rings (SSSR count). The first-order valence-electron chi connectivity index (χ1n) is 5.04. The predicted molar refractivity (Wildman–Crippen MR) is 46.2 cm³/mol. The van der Waals surface area contributed by atoms with Gasteiger partial charge in [0.1, 0.15) is 5.60 Å². The molecule has 0 spiro atoms. The van der Waals surface area contributed by atoms with Gasteiger partial charge in [-0.3, -0.25) is 0 Å². The van der Waals surface area contributed by atoms with Gasteiger partial charge in [-0.05, 0) is 25.2 Å². The monoisotopic (exact) mass is 184 g/mol. The van der Waals surface area contributed by atoms with E-state index in [4.69, 9.17) is 4.74 Å². The molecule has 0 radical (unpaired) electrons. The summed E-state index contributed by atoms with van der Waals surface area (Å²) in [6.07, 6.45) is 2.55. The first-order valence-corrected chi connectivity index (χ1v) is 5.04. The molecule has 2 N–H and O–H groups in total. The van der Waals surface area contributed by atoms with Gasteiger partial charge >= 0.3 is 0 Å². The van der Waals surface area contributed by atoms with E-state index in [9.17, 15) is 10.2 Å². The highest BCUT2D eigenvalue weighted by molar-refractivity contribution is 5.24. The Morgan fingerprint density at radius 3 is 2.77 bits per heavy atom. The minimum atomic E-state index is -0.969. The van der Waals surface area contributed by atoms with Crippen LogP contribution in [0, 0.1) is 11.3 Å². The quantitative estimate of drug-likeness (QED) is 0.569. The van der Waals surface area contributed by atoms with Gasteiger partial charge in [-0.15, -0.1) is 0 Å². The van der Waals surface area contributed by atoms with Gasteiger partial charge in [0.2, 0.25) is 0 Å². The standard InChI is InChI=1S/C10H16O3/c1-8-5-13-6-10(8,12)9(11)3-2-7(8)4-9/h7,11-12H,2-6H2,1H3/t7-,8-,9-,10+/m1/s1. The fraction of sp³-hybridized carbons (Fsp3) is 1.00. The van der Waals surface area contributed by atoms with E-state index in [1.807, 2.05) is 0 Å². The van der Waals surface area contributed by atoms with Crippen molar-refractivity contribution in [3.8, 4) is 0 Å². The van der Waals surface area contributed by atoms with Gasteiger partial charge in [-0.1, -0.05) is 6.92 Å². The van der Waals surface area contributed by atoms with Crippen LogP contribution in [0.15, 0.2) is 0 Å². The van der Waals surface area contributed by atoms with Crippen LogP contribution in [-0.4, -0.2) is 34.6 Å². The number of hydrogen-bond acceptors (Lipinski definition) is 3. The molecule has 3 aliphatic rings. The number of ether oxygens (including phenoxy) is 1. The summed E-state index contributed by atoms with van der Waals surface area (Å²) in [5.41, 5.74) is -2.02. The number of aliphatic hydroxyl groups is 2. The van der Waals surface area contributed by atoms with Crippen LogP contribution in [0.5, 0.6) is 0 Å². The van der Waals surface area contributed by atoms with Crippen LogP contribution < -0.4 is 0 Å². The zero-order chi connectivity index (χ0) is 9.32. The lowest BCUT2D eigenvalue weighted by Gasteiger charge is -2.44. The van der Waals surface area contributed by atoms with Crippen LogP contribution >= 0.6 is 0 Å². The van der Waals surface area contributed by atoms with Gasteiger partial charge < -0.3 is 14.9 Å². The minimum absolute atomic E-state index is 0.194. The third-order valence-electron chi connectivity index (χ3n) is 4.82. The van der Waals surface area contributed by atoms with E-state index >= 15 is 0 Å². The average molecular weight is 184 g/mol. The van der Waals surface area contributed by atoms with Crippen LogP contribution in [0.1, 0.15) is 26.2 Å². The van der Waals surface area contributed by atoms with E-state index in [0.29, 0.717) is 19.1 Å². The second kappa shape index (κ2) is 1.95. The van der Waals surface area contributed by atoms with Crippen molar-refractivity contribution in [3.63, 3.8) is 0 Å². The van der Waals surface area contributed by atoms with Crippen LogP contribution in [0.3, 0.4) is 0 Å². The normalized spacial score (nSPS) is 64.4. The van der Waals surface area contributed by atoms with Crippen molar-refractivity contribution in [2.24, 2.45) is 11.3 Å². The lowest BCUT2D eigenvalue weighted by molar-refractivity contribution is -0.172. The number of fused-ring (bicyclic) bond motifs is 5. The maximum atomic E-state index is 10.5. The zero-order valence-electron chi connectivity index (χ0n) is 7.92. The smallest absolute Gasteiger partial charge is 0.124 e. The highest BCUT2D eigenvalue weighted by Gasteiger charge is 2.74. The second-order valence-corrected chi connectivity index (χ2v) is 5.24. The van der Waals surface area contributed by atoms with Crippen LogP contribution in [0.4, 0.5) is 0 Å². The van der Waals surface area contributed by atoms with Gasteiger partial charge in [-0.25, -0.2) is 0 Å². The molecule has 1 saturated heterocycles. The van der Waals surface area contributed by atoms with Gasteiger partial charge in [0.25, 0.3) is 0 Å². The van der Waals surface area contributed by atoms with Crippen LogP contribution in [-0.2, 0) is 4.74 Å². The zero-order valence-corrected chi connectivity index (χ0v) is 7.92. The highest BCUT2D eigenvalue weighted by Crippen LogP contribution is 2.65. The molecule has 3 fully saturated rings. The molecule has 1 heterocycles. The van der Waals surface area contributed by atoms with Crippen molar-refractivity contribution < 1.29 is 14.9 Å². The minimum Gasteiger partial charge on any atom is -0.387 e. The Labute approximate surface area is 77.7 Å². The van der Waals surface area contributed by atoms with Crippen molar-refractivity contribution in [3.05, 3.63) is 0 Å². The van der Waals surface area contributed by atoms with Crippen LogP contribution in [0.25, 0.3) is 0 Å². The Morgan fingerprint density at radius 1 is 1.31 bits per heavy atom. The molecular weight excluding hydrogens is 168 g/mol. The molecule has 0 unspecified atom stereocenters. The number of rotatable bonds is 0. The molecule has 0 aromatic rings. The Kier molecular flexibility index (Phi) is 1.23. The molecule has 0 amide bonds. The summed E-state index contributed by atoms with van der Waals surface area (Å²) in [5.74, 6) is 0.449. The summed E-state index contributed by atoms with van der Waals surface area (Å²) in [6, 6.07) is 0. The molecule has 4 atom stereocenters. The van der Waals surface area contributed by atoms with Gasteiger partial charge in [0.05, 0.1) is 18.8 Å². The van der Waals surface area contributed by atoms with Crippen molar-refractivity contribution in [1.29, 1.82) is 0 Å². The second-order valence-electron chi connectivity index (χ2n) is 5.24. The summed E-state index contributed by atoms with van der Waals surface area (Å²) in [5, 5.41) is 20.8.